The Balaban J connectivity index is 1.62. The molecule has 2 aliphatic heterocycles. The predicted molar refractivity (Wildman–Crippen MR) is 125 cm³/mol. The van der Waals surface area contributed by atoms with Gasteiger partial charge in [0.15, 0.2) is 11.5 Å². The van der Waals surface area contributed by atoms with Crippen LogP contribution in [0.5, 0.6) is 17.2 Å². The van der Waals surface area contributed by atoms with Gasteiger partial charge in [0.25, 0.3) is 11.7 Å². The van der Waals surface area contributed by atoms with Gasteiger partial charge in [-0.15, -0.1) is 0 Å². The summed E-state index contributed by atoms with van der Waals surface area (Å²) in [6.45, 7) is 1.06. The fourth-order valence-electron chi connectivity index (χ4n) is 4.30. The van der Waals surface area contributed by atoms with Crippen molar-refractivity contribution in [2.45, 2.75) is 12.6 Å². The Morgan fingerprint density at radius 1 is 0.971 bits per heavy atom. The second kappa shape index (κ2) is 8.94. The molecular weight excluding hydrogens is 434 g/mol. The molecule has 3 aromatic rings. The molecule has 2 aliphatic rings. The second-order valence-electron chi connectivity index (χ2n) is 8.04. The molecule has 1 N–H and O–H groups in total. The Hall–Kier alpha value is -4.26. The number of ketones is 1. The van der Waals surface area contributed by atoms with Crippen molar-refractivity contribution in [2.75, 3.05) is 20.3 Å². The summed E-state index contributed by atoms with van der Waals surface area (Å²) in [5.74, 6) is 0.0454. The Labute approximate surface area is 196 Å². The molecule has 0 bridgehead atoms. The van der Waals surface area contributed by atoms with E-state index in [0.29, 0.717) is 41.6 Å². The maximum absolute atomic E-state index is 13.2. The van der Waals surface area contributed by atoms with Gasteiger partial charge in [0.2, 0.25) is 0 Å². The molecule has 0 aliphatic carbocycles. The number of nitrogens with zero attached hydrogens (tertiary/aromatic N) is 1. The van der Waals surface area contributed by atoms with Gasteiger partial charge in [-0.2, -0.15) is 0 Å². The number of aliphatic hydroxyl groups excluding tert-OH is 1. The average Bonchev–Trinajstić information content (AvgIpc) is 3.13. The van der Waals surface area contributed by atoms with E-state index in [1.165, 1.54) is 4.90 Å². The highest BCUT2D eigenvalue weighted by atomic mass is 16.6. The van der Waals surface area contributed by atoms with E-state index in [0.717, 1.165) is 5.56 Å². The molecule has 7 heteroatoms. The summed E-state index contributed by atoms with van der Waals surface area (Å²) in [4.78, 5) is 27.9. The van der Waals surface area contributed by atoms with Crippen LogP contribution in [-0.2, 0) is 16.1 Å². The first-order valence-electron chi connectivity index (χ1n) is 10.9. The zero-order valence-corrected chi connectivity index (χ0v) is 18.6. The molecule has 0 radical (unpaired) electrons. The van der Waals surface area contributed by atoms with E-state index in [4.69, 9.17) is 14.2 Å². The highest BCUT2D eigenvalue weighted by Gasteiger charge is 2.46. The number of Topliss-reactive ketones (excluding diaryl/α,β-unsaturated/α-hetero) is 1. The van der Waals surface area contributed by atoms with Crippen LogP contribution in [0.4, 0.5) is 0 Å². The molecule has 2 heterocycles. The van der Waals surface area contributed by atoms with Gasteiger partial charge in [0.05, 0.1) is 18.7 Å². The van der Waals surface area contributed by atoms with E-state index in [2.05, 4.69) is 0 Å². The third kappa shape index (κ3) is 3.85. The highest BCUT2D eigenvalue weighted by Crippen LogP contribution is 2.42. The smallest absolute Gasteiger partial charge is 0.295 e. The minimum Gasteiger partial charge on any atom is -0.507 e. The van der Waals surface area contributed by atoms with Crippen molar-refractivity contribution in [1.29, 1.82) is 0 Å². The number of amides is 1. The van der Waals surface area contributed by atoms with Crippen LogP contribution in [0.1, 0.15) is 22.7 Å². The van der Waals surface area contributed by atoms with Crippen molar-refractivity contribution in [3.05, 3.63) is 95.1 Å². The molecule has 34 heavy (non-hydrogen) atoms. The zero-order valence-electron chi connectivity index (χ0n) is 18.6. The molecule has 3 aromatic carbocycles. The fraction of sp³-hybridized carbons (Fsp3) is 0.185. The summed E-state index contributed by atoms with van der Waals surface area (Å²) < 4.78 is 16.4. The number of methoxy groups -OCH3 is 1. The van der Waals surface area contributed by atoms with Crippen LogP contribution in [0.25, 0.3) is 5.76 Å². The Kier molecular flexibility index (Phi) is 5.67. The average molecular weight is 457 g/mol. The van der Waals surface area contributed by atoms with Crippen LogP contribution in [0.3, 0.4) is 0 Å². The molecule has 1 atom stereocenters. The fourth-order valence-corrected chi connectivity index (χ4v) is 4.30. The first-order valence-corrected chi connectivity index (χ1v) is 10.9. The normalized spacial score (nSPS) is 18.7. The van der Waals surface area contributed by atoms with Gasteiger partial charge in [-0.05, 0) is 41.5 Å². The van der Waals surface area contributed by atoms with Crippen LogP contribution >= 0.6 is 0 Å². The first-order chi connectivity index (χ1) is 16.6. The first kappa shape index (κ1) is 21.6. The molecule has 1 unspecified atom stereocenters. The standard InChI is InChI=1S/C27H23NO6/c1-32-20-10-7-18(8-11-20)24-23(25(29)19-9-12-21-22(15-19)34-14-13-33-21)26(30)27(31)28(24)16-17-5-3-2-4-6-17/h2-12,15,24,29H,13-14,16H2,1H3/b25-23+. The Morgan fingerprint density at radius 2 is 1.68 bits per heavy atom. The van der Waals surface area contributed by atoms with Gasteiger partial charge in [-0.25, -0.2) is 0 Å². The van der Waals surface area contributed by atoms with Gasteiger partial charge in [0, 0.05) is 12.1 Å². The number of carbonyl (C=O) groups is 2. The van der Waals surface area contributed by atoms with Crippen molar-refractivity contribution in [2.24, 2.45) is 0 Å². The maximum Gasteiger partial charge on any atom is 0.295 e. The number of aliphatic hydroxyl groups is 1. The summed E-state index contributed by atoms with van der Waals surface area (Å²) in [7, 11) is 1.57. The monoisotopic (exact) mass is 457 g/mol. The second-order valence-corrected chi connectivity index (χ2v) is 8.04. The maximum atomic E-state index is 13.2. The zero-order chi connectivity index (χ0) is 23.7. The minimum absolute atomic E-state index is 0.0303. The lowest BCUT2D eigenvalue weighted by Crippen LogP contribution is -2.29. The van der Waals surface area contributed by atoms with Crippen LogP contribution < -0.4 is 14.2 Å². The van der Waals surface area contributed by atoms with E-state index >= 15 is 0 Å². The van der Waals surface area contributed by atoms with Gasteiger partial charge in [-0.1, -0.05) is 42.5 Å². The minimum atomic E-state index is -0.765. The molecule has 1 fully saturated rings. The van der Waals surface area contributed by atoms with Crippen LogP contribution in [0, 0.1) is 0 Å². The van der Waals surface area contributed by atoms with Crippen molar-refractivity contribution < 1.29 is 28.9 Å². The number of ether oxygens (including phenoxy) is 3. The van der Waals surface area contributed by atoms with Gasteiger partial charge in [0.1, 0.15) is 24.7 Å². The van der Waals surface area contributed by atoms with Gasteiger partial charge >= 0.3 is 0 Å². The molecule has 5 rings (SSSR count). The van der Waals surface area contributed by atoms with E-state index in [-0.39, 0.29) is 17.9 Å². The number of hydrogen-bond acceptors (Lipinski definition) is 6. The summed E-state index contributed by atoms with van der Waals surface area (Å²) in [5, 5.41) is 11.3. The number of fused-ring (bicyclic) bond motifs is 1. The lowest BCUT2D eigenvalue weighted by atomic mass is 9.95. The van der Waals surface area contributed by atoms with E-state index < -0.39 is 17.7 Å². The molecule has 1 amide bonds. The quantitative estimate of drug-likeness (QED) is 0.353. The van der Waals surface area contributed by atoms with Crippen LogP contribution in [0.2, 0.25) is 0 Å². The number of rotatable bonds is 5. The van der Waals surface area contributed by atoms with Crippen molar-refractivity contribution in [3.8, 4) is 17.2 Å². The molecular formula is C27H23NO6. The van der Waals surface area contributed by atoms with Crippen molar-refractivity contribution in [1.82, 2.24) is 4.90 Å². The molecule has 0 aromatic heterocycles. The predicted octanol–water partition coefficient (Wildman–Crippen LogP) is 4.09. The lowest BCUT2D eigenvalue weighted by molar-refractivity contribution is -0.140. The third-order valence-corrected chi connectivity index (χ3v) is 5.98. The van der Waals surface area contributed by atoms with Crippen molar-refractivity contribution in [3.63, 3.8) is 0 Å². The topological polar surface area (TPSA) is 85.3 Å². The number of benzene rings is 3. The Bertz CT molecular complexity index is 1270. The van der Waals surface area contributed by atoms with Crippen LogP contribution in [0.15, 0.2) is 78.4 Å². The van der Waals surface area contributed by atoms with E-state index in [1.54, 1.807) is 49.6 Å². The third-order valence-electron chi connectivity index (χ3n) is 5.98. The number of carbonyl (C=O) groups excluding carboxylic acids is 2. The van der Waals surface area contributed by atoms with Gasteiger partial charge in [-0.3, -0.25) is 9.59 Å². The van der Waals surface area contributed by atoms with E-state index in [9.17, 15) is 14.7 Å². The summed E-state index contributed by atoms with van der Waals surface area (Å²) in [6, 6.07) is 20.8. The Morgan fingerprint density at radius 3 is 2.38 bits per heavy atom. The number of likely N-dealkylation sites (tertiary alicyclic amines) is 1. The molecule has 0 saturated carbocycles. The number of hydrogen-bond donors (Lipinski definition) is 1. The summed E-state index contributed by atoms with van der Waals surface area (Å²) >= 11 is 0. The molecule has 0 spiro atoms. The molecule has 7 nitrogen and oxygen atoms in total. The molecule has 1 saturated heterocycles. The van der Waals surface area contributed by atoms with Crippen LogP contribution in [-0.4, -0.2) is 42.0 Å². The summed E-state index contributed by atoms with van der Waals surface area (Å²) in [6.07, 6.45) is 0. The highest BCUT2D eigenvalue weighted by molar-refractivity contribution is 6.46. The van der Waals surface area contributed by atoms with Gasteiger partial charge < -0.3 is 24.2 Å². The lowest BCUT2D eigenvalue weighted by Gasteiger charge is -2.25. The molecule has 172 valence electrons. The SMILES string of the molecule is COc1ccc(C2/C(=C(\O)c3ccc4c(c3)OCCO4)C(=O)C(=O)N2Cc2ccccc2)cc1. The van der Waals surface area contributed by atoms with E-state index in [1.807, 2.05) is 30.3 Å². The summed E-state index contributed by atoms with van der Waals surface area (Å²) in [5.41, 5.74) is 1.97. The largest absolute Gasteiger partial charge is 0.507 e. The van der Waals surface area contributed by atoms with Crippen molar-refractivity contribution >= 4 is 17.4 Å².